The van der Waals surface area contributed by atoms with E-state index in [1.807, 2.05) is 94.4 Å². The van der Waals surface area contributed by atoms with Gasteiger partial charge >= 0.3 is 0 Å². The molecule has 0 heterocycles. The number of sulfonamides is 1. The van der Waals surface area contributed by atoms with Gasteiger partial charge in [-0.05, 0) is 61.9 Å². The van der Waals surface area contributed by atoms with E-state index in [0.29, 0.717) is 18.5 Å². The number of hydrogen-bond donors (Lipinski definition) is 1. The van der Waals surface area contributed by atoms with Gasteiger partial charge in [0.25, 0.3) is 0 Å². The van der Waals surface area contributed by atoms with Crippen LogP contribution in [0.4, 0.5) is 5.69 Å². The Morgan fingerprint density at radius 1 is 0.857 bits per heavy atom. The van der Waals surface area contributed by atoms with Crippen molar-refractivity contribution in [3.63, 3.8) is 0 Å². The van der Waals surface area contributed by atoms with Crippen LogP contribution in [0.2, 0.25) is 0 Å². The third-order valence-corrected chi connectivity index (χ3v) is 8.72. The van der Waals surface area contributed by atoms with E-state index < -0.39 is 16.1 Å². The summed E-state index contributed by atoms with van der Waals surface area (Å²) >= 11 is 0. The van der Waals surface area contributed by atoms with Crippen molar-refractivity contribution in [3.05, 3.63) is 101 Å². The lowest BCUT2D eigenvalue weighted by Gasteiger charge is -2.32. The molecule has 0 aliphatic carbocycles. The number of aryl methyl sites for hydroxylation is 2. The van der Waals surface area contributed by atoms with Crippen molar-refractivity contribution in [1.29, 1.82) is 0 Å². The molecule has 0 saturated heterocycles. The normalized spacial score (nSPS) is 12.8. The first-order chi connectivity index (χ1) is 20.0. The minimum absolute atomic E-state index is 0.0329. The van der Waals surface area contributed by atoms with E-state index >= 15 is 0 Å². The molecule has 0 aliphatic heterocycles. The maximum absolute atomic E-state index is 13.9. The van der Waals surface area contributed by atoms with Gasteiger partial charge in [0.1, 0.15) is 6.04 Å². The molecule has 226 valence electrons. The molecule has 1 N–H and O–H groups in total. The molecule has 2 atom stereocenters. The predicted molar refractivity (Wildman–Crippen MR) is 171 cm³/mol. The van der Waals surface area contributed by atoms with Crippen molar-refractivity contribution in [2.24, 2.45) is 0 Å². The summed E-state index contributed by atoms with van der Waals surface area (Å²) in [7, 11) is -3.55. The number of carbonyl (C=O) groups excluding carboxylic acids is 2. The van der Waals surface area contributed by atoms with Crippen LogP contribution < -0.4 is 9.62 Å². The van der Waals surface area contributed by atoms with Crippen LogP contribution in [-0.2, 0) is 39.0 Å². The molecule has 2 amide bonds. The zero-order valence-electron chi connectivity index (χ0n) is 25.5. The average Bonchev–Trinajstić information content (AvgIpc) is 2.97. The second-order valence-electron chi connectivity index (χ2n) is 11.0. The van der Waals surface area contributed by atoms with Gasteiger partial charge in [-0.1, -0.05) is 86.1 Å². The summed E-state index contributed by atoms with van der Waals surface area (Å²) in [6.45, 7) is 8.46. The van der Waals surface area contributed by atoms with E-state index in [9.17, 15) is 18.0 Å². The third-order valence-electron chi connectivity index (χ3n) is 7.53. The summed E-state index contributed by atoms with van der Waals surface area (Å²) in [5, 5.41) is 3.08. The number of amides is 2. The molecule has 7 nitrogen and oxygen atoms in total. The van der Waals surface area contributed by atoms with Crippen molar-refractivity contribution in [1.82, 2.24) is 10.2 Å². The number of carbonyl (C=O) groups is 2. The Morgan fingerprint density at radius 3 is 2.05 bits per heavy atom. The zero-order valence-corrected chi connectivity index (χ0v) is 26.4. The average molecular weight is 592 g/mol. The first kappa shape index (κ1) is 32.9. The first-order valence-electron chi connectivity index (χ1n) is 14.8. The molecule has 42 heavy (non-hydrogen) atoms. The van der Waals surface area contributed by atoms with Gasteiger partial charge in [-0.25, -0.2) is 8.42 Å². The molecule has 3 rings (SSSR count). The van der Waals surface area contributed by atoms with Crippen molar-refractivity contribution in [2.75, 3.05) is 17.1 Å². The Hall–Kier alpha value is -3.65. The molecule has 0 fully saturated rings. The van der Waals surface area contributed by atoms with E-state index in [-0.39, 0.29) is 37.4 Å². The van der Waals surface area contributed by atoms with E-state index in [2.05, 4.69) is 5.32 Å². The molecule has 0 saturated carbocycles. The molecular weight excluding hydrogens is 546 g/mol. The van der Waals surface area contributed by atoms with Gasteiger partial charge < -0.3 is 10.2 Å². The van der Waals surface area contributed by atoms with E-state index in [4.69, 9.17) is 0 Å². The largest absolute Gasteiger partial charge is 0.352 e. The summed E-state index contributed by atoms with van der Waals surface area (Å²) in [5.41, 5.74) is 4.70. The highest BCUT2D eigenvalue weighted by molar-refractivity contribution is 7.92. The van der Waals surface area contributed by atoms with Gasteiger partial charge in [0.15, 0.2) is 0 Å². The van der Waals surface area contributed by atoms with Crippen LogP contribution >= 0.6 is 0 Å². The summed E-state index contributed by atoms with van der Waals surface area (Å²) in [5.74, 6) is -0.381. The Labute approximate surface area is 252 Å². The highest BCUT2D eigenvalue weighted by atomic mass is 32.2. The minimum Gasteiger partial charge on any atom is -0.352 e. The number of anilines is 1. The maximum atomic E-state index is 13.9. The second-order valence-corrected chi connectivity index (χ2v) is 12.9. The zero-order chi connectivity index (χ0) is 30.7. The van der Waals surface area contributed by atoms with E-state index in [1.165, 1.54) is 10.6 Å². The van der Waals surface area contributed by atoms with Gasteiger partial charge in [0.05, 0.1) is 11.9 Å². The van der Waals surface area contributed by atoms with Crippen LogP contribution in [0.15, 0.2) is 78.9 Å². The van der Waals surface area contributed by atoms with E-state index in [1.54, 1.807) is 17.0 Å². The number of nitrogens with one attached hydrogen (secondary N) is 1. The number of hydrogen-bond acceptors (Lipinski definition) is 4. The molecule has 0 bridgehead atoms. The van der Waals surface area contributed by atoms with Crippen LogP contribution in [-0.4, -0.2) is 50.0 Å². The fraction of sp³-hybridized carbons (Fsp3) is 0.412. The summed E-state index contributed by atoms with van der Waals surface area (Å²) in [6.07, 6.45) is 3.61. The van der Waals surface area contributed by atoms with Gasteiger partial charge in [0, 0.05) is 32.0 Å². The Bertz CT molecular complexity index is 1390. The minimum atomic E-state index is -3.55. The monoisotopic (exact) mass is 591 g/mol. The third kappa shape index (κ3) is 9.72. The summed E-state index contributed by atoms with van der Waals surface area (Å²) < 4.78 is 26.7. The standard InChI is InChI=1S/C34H45N3O4S/c1-6-27(4)35-34(39)32(24-29-12-9-8-10-13-29)36(25-30-17-15-26(3)16-18-30)33(38)14-11-23-37(42(5,40)41)31-21-19-28(7-2)20-22-31/h8-10,12-13,15-22,27,32H,6-7,11,14,23-25H2,1-5H3,(H,35,39)/t27-,32+/m0/s1. The molecule has 0 radical (unpaired) electrons. The lowest BCUT2D eigenvalue weighted by Crippen LogP contribution is -2.52. The Kier molecular flexibility index (Phi) is 12.2. The van der Waals surface area contributed by atoms with E-state index in [0.717, 1.165) is 35.1 Å². The fourth-order valence-corrected chi connectivity index (χ4v) is 5.75. The summed E-state index contributed by atoms with van der Waals surface area (Å²) in [6, 6.07) is 24.4. The van der Waals surface area contributed by atoms with Crippen LogP contribution in [0, 0.1) is 6.92 Å². The number of rotatable bonds is 15. The van der Waals surface area contributed by atoms with Gasteiger partial charge in [-0.3, -0.25) is 13.9 Å². The van der Waals surface area contributed by atoms with Crippen LogP contribution in [0.3, 0.4) is 0 Å². The van der Waals surface area contributed by atoms with Crippen molar-refractivity contribution >= 4 is 27.5 Å². The highest BCUT2D eigenvalue weighted by Crippen LogP contribution is 2.21. The topological polar surface area (TPSA) is 86.8 Å². The molecule has 0 aliphatic rings. The highest BCUT2D eigenvalue weighted by Gasteiger charge is 2.31. The quantitative estimate of drug-likeness (QED) is 0.247. The van der Waals surface area contributed by atoms with Crippen molar-refractivity contribution in [2.45, 2.75) is 78.4 Å². The first-order valence-corrected chi connectivity index (χ1v) is 16.6. The van der Waals surface area contributed by atoms with Gasteiger partial charge in [0.2, 0.25) is 21.8 Å². The predicted octanol–water partition coefficient (Wildman–Crippen LogP) is 5.66. The number of nitrogens with zero attached hydrogens (tertiary/aromatic N) is 2. The van der Waals surface area contributed by atoms with Crippen LogP contribution in [0.25, 0.3) is 0 Å². The lowest BCUT2D eigenvalue weighted by atomic mass is 10.0. The molecule has 0 aromatic heterocycles. The van der Waals surface area contributed by atoms with Gasteiger partial charge in [-0.2, -0.15) is 0 Å². The SMILES string of the molecule is CCc1ccc(N(CCCC(=O)N(Cc2ccc(C)cc2)[C@H](Cc2ccccc2)C(=O)N[C@@H](C)CC)S(C)(=O)=O)cc1. The molecule has 3 aromatic carbocycles. The number of benzene rings is 3. The lowest BCUT2D eigenvalue weighted by molar-refractivity contribution is -0.141. The Balaban J connectivity index is 1.87. The van der Waals surface area contributed by atoms with Crippen LogP contribution in [0.1, 0.15) is 62.3 Å². The molecule has 3 aromatic rings. The van der Waals surface area contributed by atoms with Crippen LogP contribution in [0.5, 0.6) is 0 Å². The van der Waals surface area contributed by atoms with Gasteiger partial charge in [-0.15, -0.1) is 0 Å². The Morgan fingerprint density at radius 2 is 1.48 bits per heavy atom. The molecule has 8 heteroatoms. The smallest absolute Gasteiger partial charge is 0.243 e. The maximum Gasteiger partial charge on any atom is 0.243 e. The van der Waals surface area contributed by atoms with Crippen molar-refractivity contribution in [3.8, 4) is 0 Å². The molecule has 0 spiro atoms. The molecule has 0 unspecified atom stereocenters. The fourth-order valence-electron chi connectivity index (χ4n) is 4.79. The summed E-state index contributed by atoms with van der Waals surface area (Å²) in [4.78, 5) is 29.3. The second kappa shape index (κ2) is 15.5. The molecular formula is C34H45N3O4S. The van der Waals surface area contributed by atoms with Crippen molar-refractivity contribution < 1.29 is 18.0 Å².